The Bertz CT molecular complexity index is 565. The highest BCUT2D eigenvalue weighted by molar-refractivity contribution is 5.77. The highest BCUT2D eigenvalue weighted by Crippen LogP contribution is 2.30. The molecule has 0 bridgehead atoms. The van der Waals surface area contributed by atoms with E-state index in [-0.39, 0.29) is 11.9 Å². The van der Waals surface area contributed by atoms with E-state index in [2.05, 4.69) is 10.6 Å². The molecule has 1 aliphatic heterocycles. The summed E-state index contributed by atoms with van der Waals surface area (Å²) in [6, 6.07) is 7.27. The quantitative estimate of drug-likeness (QED) is 0.648. The van der Waals surface area contributed by atoms with Crippen molar-refractivity contribution in [3.05, 3.63) is 29.8 Å². The first-order valence-corrected chi connectivity index (χ1v) is 8.30. The van der Waals surface area contributed by atoms with Gasteiger partial charge >= 0.3 is 6.03 Å². The van der Waals surface area contributed by atoms with Crippen molar-refractivity contribution in [2.75, 3.05) is 33.3 Å². The van der Waals surface area contributed by atoms with Gasteiger partial charge in [-0.05, 0) is 18.9 Å². The van der Waals surface area contributed by atoms with Crippen molar-refractivity contribution in [2.24, 2.45) is 5.73 Å². The molecular formula is C17H26N4O3. The number of ether oxygens (including phenoxy) is 1. The van der Waals surface area contributed by atoms with Crippen LogP contribution in [-0.4, -0.2) is 50.1 Å². The van der Waals surface area contributed by atoms with Crippen LogP contribution in [0.4, 0.5) is 4.79 Å². The van der Waals surface area contributed by atoms with Crippen molar-refractivity contribution >= 4 is 11.9 Å². The number of nitrogens with two attached hydrogens (primary N) is 1. The molecule has 4 N–H and O–H groups in total. The van der Waals surface area contributed by atoms with Gasteiger partial charge in [-0.1, -0.05) is 18.2 Å². The molecule has 0 spiro atoms. The van der Waals surface area contributed by atoms with Gasteiger partial charge in [-0.3, -0.25) is 4.79 Å². The van der Waals surface area contributed by atoms with Crippen LogP contribution in [0, 0.1) is 0 Å². The molecule has 0 aliphatic carbocycles. The Hall–Kier alpha value is -2.28. The molecular weight excluding hydrogens is 308 g/mol. The van der Waals surface area contributed by atoms with E-state index in [0.717, 1.165) is 37.2 Å². The van der Waals surface area contributed by atoms with Crippen LogP contribution in [0.15, 0.2) is 24.3 Å². The van der Waals surface area contributed by atoms with Gasteiger partial charge in [-0.25, -0.2) is 4.79 Å². The zero-order valence-electron chi connectivity index (χ0n) is 14.1. The van der Waals surface area contributed by atoms with E-state index >= 15 is 0 Å². The van der Waals surface area contributed by atoms with E-state index in [1.54, 1.807) is 7.11 Å². The van der Waals surface area contributed by atoms with Gasteiger partial charge in [0.2, 0.25) is 5.91 Å². The van der Waals surface area contributed by atoms with Crippen LogP contribution in [0.3, 0.4) is 0 Å². The number of piperazine rings is 1. The van der Waals surface area contributed by atoms with Gasteiger partial charge in [-0.15, -0.1) is 0 Å². The fourth-order valence-corrected chi connectivity index (χ4v) is 2.98. The summed E-state index contributed by atoms with van der Waals surface area (Å²) in [4.78, 5) is 25.2. The average molecular weight is 334 g/mol. The maximum atomic E-state index is 12.6. The minimum absolute atomic E-state index is 0.0221. The topological polar surface area (TPSA) is 96.7 Å². The van der Waals surface area contributed by atoms with Crippen LogP contribution in [0.1, 0.15) is 30.9 Å². The molecule has 1 aliphatic rings. The van der Waals surface area contributed by atoms with Gasteiger partial charge in [0, 0.05) is 38.2 Å². The summed E-state index contributed by atoms with van der Waals surface area (Å²) in [5, 5.41) is 5.88. The van der Waals surface area contributed by atoms with E-state index in [9.17, 15) is 9.59 Å². The van der Waals surface area contributed by atoms with Crippen molar-refractivity contribution in [1.29, 1.82) is 0 Å². The second-order valence-electron chi connectivity index (χ2n) is 5.80. The highest BCUT2D eigenvalue weighted by atomic mass is 16.5. The zero-order chi connectivity index (χ0) is 17.4. The van der Waals surface area contributed by atoms with E-state index in [4.69, 9.17) is 10.5 Å². The second-order valence-corrected chi connectivity index (χ2v) is 5.80. The molecule has 3 amide bonds. The fourth-order valence-electron chi connectivity index (χ4n) is 2.98. The number of urea groups is 1. The van der Waals surface area contributed by atoms with Crippen molar-refractivity contribution in [3.8, 4) is 5.75 Å². The van der Waals surface area contributed by atoms with E-state index < -0.39 is 6.03 Å². The molecule has 24 heavy (non-hydrogen) atoms. The van der Waals surface area contributed by atoms with Gasteiger partial charge in [0.05, 0.1) is 13.2 Å². The van der Waals surface area contributed by atoms with Gasteiger partial charge < -0.3 is 26.0 Å². The number of amides is 3. The SMILES string of the molecule is COc1ccccc1C1CNCCN1C(=O)CCCCNC(N)=O. The molecule has 1 unspecified atom stereocenters. The molecule has 1 atom stereocenters. The third-order valence-electron chi connectivity index (χ3n) is 4.18. The number of hydrogen-bond acceptors (Lipinski definition) is 4. The molecule has 1 aromatic rings. The molecule has 1 fully saturated rings. The Balaban J connectivity index is 1.96. The predicted molar refractivity (Wildman–Crippen MR) is 91.8 cm³/mol. The number of unbranched alkanes of at least 4 members (excludes halogenated alkanes) is 1. The number of rotatable bonds is 7. The number of nitrogens with zero attached hydrogens (tertiary/aromatic N) is 1. The molecule has 0 saturated carbocycles. The van der Waals surface area contributed by atoms with Gasteiger partial charge in [0.15, 0.2) is 0 Å². The number of primary amides is 1. The third-order valence-corrected chi connectivity index (χ3v) is 4.18. The number of para-hydroxylation sites is 1. The van der Waals surface area contributed by atoms with Gasteiger partial charge in [0.1, 0.15) is 5.75 Å². The van der Waals surface area contributed by atoms with Gasteiger partial charge in [-0.2, -0.15) is 0 Å². The van der Waals surface area contributed by atoms with Crippen LogP contribution in [0.2, 0.25) is 0 Å². The first-order chi connectivity index (χ1) is 11.6. The molecule has 1 aromatic carbocycles. The largest absolute Gasteiger partial charge is 0.496 e. The molecule has 1 heterocycles. The minimum atomic E-state index is -0.528. The average Bonchev–Trinajstić information content (AvgIpc) is 2.61. The predicted octanol–water partition coefficient (Wildman–Crippen LogP) is 1.01. The number of carbonyl (C=O) groups excluding carboxylic acids is 2. The number of nitrogens with one attached hydrogen (secondary N) is 2. The van der Waals surface area contributed by atoms with Crippen LogP contribution in [0.5, 0.6) is 5.75 Å². The summed E-state index contributed by atoms with van der Waals surface area (Å²) in [6.07, 6.45) is 1.92. The highest BCUT2D eigenvalue weighted by Gasteiger charge is 2.29. The molecule has 1 saturated heterocycles. The molecule has 7 nitrogen and oxygen atoms in total. The summed E-state index contributed by atoms with van der Waals surface area (Å²) in [6.45, 7) is 2.69. The van der Waals surface area contributed by atoms with Crippen LogP contribution in [-0.2, 0) is 4.79 Å². The number of carbonyl (C=O) groups is 2. The fraction of sp³-hybridized carbons (Fsp3) is 0.529. The molecule has 0 aromatic heterocycles. The Morgan fingerprint density at radius 3 is 2.92 bits per heavy atom. The smallest absolute Gasteiger partial charge is 0.312 e. The molecule has 0 radical (unpaired) electrons. The van der Waals surface area contributed by atoms with Crippen molar-refractivity contribution in [2.45, 2.75) is 25.3 Å². The molecule has 7 heteroatoms. The second kappa shape index (κ2) is 9.12. The van der Waals surface area contributed by atoms with E-state index in [0.29, 0.717) is 19.5 Å². The number of methoxy groups -OCH3 is 1. The normalized spacial score (nSPS) is 17.4. The van der Waals surface area contributed by atoms with Crippen molar-refractivity contribution < 1.29 is 14.3 Å². The lowest BCUT2D eigenvalue weighted by atomic mass is 10.0. The Kier molecular flexibility index (Phi) is 6.87. The first-order valence-electron chi connectivity index (χ1n) is 8.30. The van der Waals surface area contributed by atoms with Gasteiger partial charge in [0.25, 0.3) is 0 Å². The lowest BCUT2D eigenvalue weighted by Crippen LogP contribution is -2.48. The Labute approximate surface area is 142 Å². The van der Waals surface area contributed by atoms with Crippen LogP contribution in [0.25, 0.3) is 0 Å². The summed E-state index contributed by atoms with van der Waals surface area (Å²) >= 11 is 0. The summed E-state index contributed by atoms with van der Waals surface area (Å²) < 4.78 is 5.44. The molecule has 2 rings (SSSR count). The Morgan fingerprint density at radius 1 is 1.38 bits per heavy atom. The number of benzene rings is 1. The lowest BCUT2D eigenvalue weighted by Gasteiger charge is -2.37. The summed E-state index contributed by atoms with van der Waals surface area (Å²) in [7, 11) is 1.65. The summed E-state index contributed by atoms with van der Waals surface area (Å²) in [5.74, 6) is 0.932. The van der Waals surface area contributed by atoms with E-state index in [1.165, 1.54) is 0 Å². The third kappa shape index (κ3) is 4.86. The summed E-state index contributed by atoms with van der Waals surface area (Å²) in [5.41, 5.74) is 6.04. The minimum Gasteiger partial charge on any atom is -0.496 e. The maximum absolute atomic E-state index is 12.6. The Morgan fingerprint density at radius 2 is 2.17 bits per heavy atom. The monoisotopic (exact) mass is 334 g/mol. The number of hydrogen-bond donors (Lipinski definition) is 3. The zero-order valence-corrected chi connectivity index (χ0v) is 14.1. The maximum Gasteiger partial charge on any atom is 0.312 e. The molecule has 132 valence electrons. The standard InChI is InChI=1S/C17H26N4O3/c1-24-15-7-3-2-6-13(15)14-12-19-10-11-21(14)16(22)8-4-5-9-20-17(18)23/h2-3,6-7,14,19H,4-5,8-12H2,1H3,(H3,18,20,23). The van der Waals surface area contributed by atoms with Crippen molar-refractivity contribution in [3.63, 3.8) is 0 Å². The van der Waals surface area contributed by atoms with Crippen LogP contribution >= 0.6 is 0 Å². The van der Waals surface area contributed by atoms with Crippen molar-refractivity contribution in [1.82, 2.24) is 15.5 Å². The van der Waals surface area contributed by atoms with E-state index in [1.807, 2.05) is 29.2 Å². The van der Waals surface area contributed by atoms with Crippen LogP contribution < -0.4 is 21.1 Å². The lowest BCUT2D eigenvalue weighted by molar-refractivity contribution is -0.134. The first kappa shape index (κ1) is 18.1.